The van der Waals surface area contributed by atoms with E-state index < -0.39 is 22.6 Å². The molecule has 0 unspecified atom stereocenters. The molecule has 2 N–H and O–H groups in total. The molecule has 3 aliphatic rings. The molecule has 2 aromatic carbocycles. The summed E-state index contributed by atoms with van der Waals surface area (Å²) in [7, 11) is -3.51. The van der Waals surface area contributed by atoms with Crippen LogP contribution in [0.2, 0.25) is 0 Å². The van der Waals surface area contributed by atoms with E-state index in [0.717, 1.165) is 63.9 Å². The van der Waals surface area contributed by atoms with Crippen LogP contribution in [0.5, 0.6) is 5.75 Å². The van der Waals surface area contributed by atoms with Crippen molar-refractivity contribution in [3.63, 3.8) is 0 Å². The molecule has 6 rings (SSSR count). The van der Waals surface area contributed by atoms with Gasteiger partial charge in [-0.25, -0.2) is 8.42 Å². The Morgan fingerprint density at radius 3 is 2.46 bits per heavy atom. The monoisotopic (exact) mass is 683 g/mol. The number of aromatic nitrogens is 1. The number of alkyl halides is 3. The second-order valence-corrected chi connectivity index (χ2v) is 15.2. The van der Waals surface area contributed by atoms with E-state index >= 15 is 0 Å². The Labute approximate surface area is 279 Å². The number of nitrogens with one attached hydrogen (secondary N) is 2. The molecule has 9 nitrogen and oxygen atoms in total. The number of halogens is 3. The van der Waals surface area contributed by atoms with Gasteiger partial charge in [0.05, 0.1) is 41.6 Å². The Hall–Kier alpha value is -3.91. The van der Waals surface area contributed by atoms with Crippen LogP contribution in [0.1, 0.15) is 44.2 Å². The second kappa shape index (κ2) is 13.9. The molecule has 2 aliphatic heterocycles. The first-order valence-corrected chi connectivity index (χ1v) is 18.2. The second-order valence-electron chi connectivity index (χ2n) is 13.2. The first kappa shape index (κ1) is 34.0. The minimum atomic E-state index is -4.45. The number of anilines is 2. The lowest BCUT2D eigenvalue weighted by Gasteiger charge is -2.49. The van der Waals surface area contributed by atoms with Gasteiger partial charge in [-0.1, -0.05) is 12.0 Å². The number of benzene rings is 2. The Kier molecular flexibility index (Phi) is 9.84. The van der Waals surface area contributed by atoms with Crippen molar-refractivity contribution in [1.82, 2.24) is 9.47 Å². The molecule has 3 fully saturated rings. The van der Waals surface area contributed by atoms with Gasteiger partial charge in [0.1, 0.15) is 18.4 Å². The van der Waals surface area contributed by atoms with E-state index in [1.54, 1.807) is 18.2 Å². The fraction of sp³-hybridized carbons (Fsp3) is 0.514. The summed E-state index contributed by atoms with van der Waals surface area (Å²) < 4.78 is 77.2. The standard InChI is InChI=1S/C35H40F3N5O4S/c1-48(44,45)28-11-12-31(33(21-28)47-19-15-39)40-16-3-4-27-20-29-30(5-2-6-32(29)43(27)22-35(36,37)38)41-25-7-9-26(10-8-25)42-17-13-34(14-18-42)23-46-24-34/h2,5-6,11-12,20-21,25-26,40-41H,7-10,13-14,16-19,22-24H2,1H3/t25-,26-. The van der Waals surface area contributed by atoms with E-state index in [9.17, 15) is 21.6 Å². The summed E-state index contributed by atoms with van der Waals surface area (Å²) >= 11 is 0. The summed E-state index contributed by atoms with van der Waals surface area (Å²) in [5, 5.41) is 16.3. The molecule has 1 saturated carbocycles. The van der Waals surface area contributed by atoms with Gasteiger partial charge in [-0.05, 0) is 87.9 Å². The number of likely N-dealkylation sites (tertiary alicyclic amines) is 1. The molecular formula is C35H40F3N5O4S. The molecular weight excluding hydrogens is 643 g/mol. The summed E-state index contributed by atoms with van der Waals surface area (Å²) in [5.74, 6) is 5.95. The van der Waals surface area contributed by atoms with E-state index in [4.69, 9.17) is 14.7 Å². The highest BCUT2D eigenvalue weighted by atomic mass is 32.2. The summed E-state index contributed by atoms with van der Waals surface area (Å²) in [5.41, 5.74) is 2.31. The Bertz CT molecular complexity index is 1840. The molecule has 0 bridgehead atoms. The molecule has 1 aliphatic carbocycles. The number of ether oxygens (including phenoxy) is 2. The van der Waals surface area contributed by atoms with Crippen LogP contribution in [0.3, 0.4) is 0 Å². The van der Waals surface area contributed by atoms with Crippen molar-refractivity contribution in [3.8, 4) is 23.7 Å². The molecule has 0 atom stereocenters. The molecule has 3 heterocycles. The molecule has 0 radical (unpaired) electrons. The van der Waals surface area contributed by atoms with E-state index in [-0.39, 0.29) is 35.5 Å². The van der Waals surface area contributed by atoms with Crippen LogP contribution in [-0.4, -0.2) is 81.9 Å². The summed E-state index contributed by atoms with van der Waals surface area (Å²) in [6, 6.07) is 14.0. The molecule has 3 aromatic rings. The zero-order valence-electron chi connectivity index (χ0n) is 26.9. The van der Waals surface area contributed by atoms with Crippen molar-refractivity contribution in [2.45, 2.75) is 68.2 Å². The highest BCUT2D eigenvalue weighted by Crippen LogP contribution is 2.40. The van der Waals surface area contributed by atoms with Crippen LogP contribution in [-0.2, 0) is 21.1 Å². The van der Waals surface area contributed by atoms with E-state index in [2.05, 4.69) is 27.4 Å². The first-order chi connectivity index (χ1) is 22.9. The Morgan fingerprint density at radius 2 is 1.81 bits per heavy atom. The quantitative estimate of drug-likeness (QED) is 0.272. The number of rotatable bonds is 9. The minimum absolute atomic E-state index is 0.0285. The number of hydrogen-bond donors (Lipinski definition) is 2. The predicted molar refractivity (Wildman–Crippen MR) is 178 cm³/mol. The number of hydrogen-bond acceptors (Lipinski definition) is 8. The molecule has 48 heavy (non-hydrogen) atoms. The van der Waals surface area contributed by atoms with Crippen LogP contribution < -0.4 is 15.4 Å². The zero-order valence-corrected chi connectivity index (χ0v) is 27.7. The fourth-order valence-electron chi connectivity index (χ4n) is 7.09. The van der Waals surface area contributed by atoms with Gasteiger partial charge in [0.25, 0.3) is 0 Å². The molecule has 2 saturated heterocycles. The number of nitriles is 1. The lowest BCUT2D eigenvalue weighted by atomic mass is 9.76. The number of sulfone groups is 1. The molecule has 1 spiro atoms. The van der Waals surface area contributed by atoms with Crippen molar-refractivity contribution in [2.75, 3.05) is 56.3 Å². The van der Waals surface area contributed by atoms with Gasteiger partial charge in [-0.2, -0.15) is 18.4 Å². The van der Waals surface area contributed by atoms with Gasteiger partial charge in [0.15, 0.2) is 16.4 Å². The van der Waals surface area contributed by atoms with Gasteiger partial charge >= 0.3 is 6.18 Å². The van der Waals surface area contributed by atoms with Gasteiger partial charge in [-0.15, -0.1) is 0 Å². The average Bonchev–Trinajstić information content (AvgIpc) is 3.38. The largest absolute Gasteiger partial charge is 0.477 e. The third kappa shape index (κ3) is 7.86. The third-order valence-electron chi connectivity index (χ3n) is 9.79. The first-order valence-electron chi connectivity index (χ1n) is 16.3. The third-order valence-corrected chi connectivity index (χ3v) is 10.9. The van der Waals surface area contributed by atoms with Gasteiger partial charge < -0.3 is 29.6 Å². The minimum Gasteiger partial charge on any atom is -0.477 e. The number of piperidine rings is 1. The fourth-order valence-corrected chi connectivity index (χ4v) is 7.73. The van der Waals surface area contributed by atoms with Crippen molar-refractivity contribution < 1.29 is 31.1 Å². The number of nitrogens with zero attached hydrogens (tertiary/aromatic N) is 3. The van der Waals surface area contributed by atoms with Gasteiger partial charge in [-0.3, -0.25) is 0 Å². The maximum absolute atomic E-state index is 13.7. The Morgan fingerprint density at radius 1 is 1.06 bits per heavy atom. The van der Waals surface area contributed by atoms with E-state index in [1.165, 1.54) is 35.6 Å². The van der Waals surface area contributed by atoms with Gasteiger partial charge in [0.2, 0.25) is 0 Å². The van der Waals surface area contributed by atoms with Crippen LogP contribution in [0.25, 0.3) is 10.9 Å². The molecule has 1 aromatic heterocycles. The van der Waals surface area contributed by atoms with Crippen LogP contribution in [0, 0.1) is 28.6 Å². The SMILES string of the molecule is CS(=O)(=O)c1ccc(NCC#Cc2cc3c(N[C@H]4CC[C@H](N5CCC6(CC5)COC6)CC4)cccc3n2CC(F)(F)F)c(OCC#N)c1. The average molecular weight is 684 g/mol. The summed E-state index contributed by atoms with van der Waals surface area (Å²) in [6.45, 7) is 2.63. The van der Waals surface area contributed by atoms with Gasteiger partial charge in [0, 0.05) is 40.9 Å². The lowest BCUT2D eigenvalue weighted by Crippen LogP contribution is -2.53. The van der Waals surface area contributed by atoms with Crippen molar-refractivity contribution in [1.29, 1.82) is 5.26 Å². The van der Waals surface area contributed by atoms with Crippen molar-refractivity contribution in [2.24, 2.45) is 5.41 Å². The maximum Gasteiger partial charge on any atom is 0.406 e. The lowest BCUT2D eigenvalue weighted by molar-refractivity contribution is -0.143. The highest BCUT2D eigenvalue weighted by molar-refractivity contribution is 7.90. The zero-order chi connectivity index (χ0) is 33.9. The van der Waals surface area contributed by atoms with Crippen LogP contribution >= 0.6 is 0 Å². The van der Waals surface area contributed by atoms with Crippen LogP contribution in [0.4, 0.5) is 24.5 Å². The van der Waals surface area contributed by atoms with Crippen molar-refractivity contribution >= 4 is 32.1 Å². The number of fused-ring (bicyclic) bond motifs is 1. The maximum atomic E-state index is 13.7. The normalized spacial score (nSPS) is 21.1. The summed E-state index contributed by atoms with van der Waals surface area (Å²) in [6.07, 6.45) is 3.22. The predicted octanol–water partition coefficient (Wildman–Crippen LogP) is 5.81. The Balaban J connectivity index is 1.15. The van der Waals surface area contributed by atoms with Crippen LogP contribution in [0.15, 0.2) is 47.4 Å². The van der Waals surface area contributed by atoms with Crippen molar-refractivity contribution in [3.05, 3.63) is 48.2 Å². The highest BCUT2D eigenvalue weighted by Gasteiger charge is 2.42. The molecule has 256 valence electrons. The smallest absolute Gasteiger partial charge is 0.406 e. The van der Waals surface area contributed by atoms with E-state index in [0.29, 0.717) is 28.0 Å². The van der Waals surface area contributed by atoms with E-state index in [1.807, 2.05) is 12.1 Å². The summed E-state index contributed by atoms with van der Waals surface area (Å²) in [4.78, 5) is 2.67. The topological polar surface area (TPSA) is 109 Å². The molecule has 0 amide bonds. The molecule has 13 heteroatoms.